The molecule has 6 nitrogen and oxygen atoms in total. The van der Waals surface area contributed by atoms with E-state index in [4.69, 9.17) is 0 Å². The Kier molecular flexibility index (Phi) is 4.84. The normalized spacial score (nSPS) is 15.0. The Balaban J connectivity index is 1.67. The van der Waals surface area contributed by atoms with Crippen LogP contribution in [0.25, 0.3) is 0 Å². The van der Waals surface area contributed by atoms with Crippen molar-refractivity contribution < 1.29 is 9.59 Å². The summed E-state index contributed by atoms with van der Waals surface area (Å²) in [7, 11) is 0. The molecule has 2 aromatic rings. The van der Waals surface area contributed by atoms with Crippen molar-refractivity contribution in [3.8, 4) is 0 Å². The zero-order valence-corrected chi connectivity index (χ0v) is 13.7. The molecule has 0 aliphatic carbocycles. The van der Waals surface area contributed by atoms with E-state index in [1.807, 2.05) is 36.1 Å². The molecule has 0 atom stereocenters. The minimum atomic E-state index is -0.132. The fourth-order valence-corrected chi connectivity index (χ4v) is 2.86. The number of benzene rings is 1. The number of amides is 2. The van der Waals surface area contributed by atoms with Gasteiger partial charge in [0.05, 0.1) is 6.20 Å². The van der Waals surface area contributed by atoms with E-state index >= 15 is 0 Å². The van der Waals surface area contributed by atoms with Crippen LogP contribution in [0.2, 0.25) is 0 Å². The summed E-state index contributed by atoms with van der Waals surface area (Å²) in [6.07, 6.45) is 5.28. The van der Waals surface area contributed by atoms with Crippen LogP contribution in [-0.2, 0) is 0 Å². The Morgan fingerprint density at radius 2 is 1.75 bits per heavy atom. The topological polar surface area (TPSA) is 66.4 Å². The summed E-state index contributed by atoms with van der Waals surface area (Å²) in [4.78, 5) is 36.7. The van der Waals surface area contributed by atoms with Crippen LogP contribution in [0.15, 0.2) is 42.9 Å². The Bertz CT molecular complexity index is 733. The molecular formula is C18H20N4O2. The lowest BCUT2D eigenvalue weighted by Crippen LogP contribution is -2.37. The SMILES string of the molecule is Cc1cccc(C(=O)N2CCCN(C(=O)c3cnccn3)CC2)c1. The van der Waals surface area contributed by atoms with Crippen molar-refractivity contribution in [2.24, 2.45) is 0 Å². The number of rotatable bonds is 2. The van der Waals surface area contributed by atoms with Gasteiger partial charge in [0.15, 0.2) is 0 Å². The highest BCUT2D eigenvalue weighted by atomic mass is 16.2. The maximum Gasteiger partial charge on any atom is 0.274 e. The van der Waals surface area contributed by atoms with Crippen molar-refractivity contribution in [2.75, 3.05) is 26.2 Å². The Labute approximate surface area is 141 Å². The molecule has 1 aromatic heterocycles. The minimum Gasteiger partial charge on any atom is -0.337 e. The molecule has 0 radical (unpaired) electrons. The molecule has 1 aliphatic heterocycles. The lowest BCUT2D eigenvalue weighted by molar-refractivity contribution is 0.0715. The quantitative estimate of drug-likeness (QED) is 0.844. The zero-order valence-electron chi connectivity index (χ0n) is 13.7. The number of hydrogen-bond acceptors (Lipinski definition) is 4. The van der Waals surface area contributed by atoms with Crippen molar-refractivity contribution in [1.29, 1.82) is 0 Å². The van der Waals surface area contributed by atoms with Crippen molar-refractivity contribution in [3.05, 3.63) is 59.7 Å². The minimum absolute atomic E-state index is 0.0208. The van der Waals surface area contributed by atoms with Crippen LogP contribution in [0.3, 0.4) is 0 Å². The number of aromatic nitrogens is 2. The van der Waals surface area contributed by atoms with Crippen LogP contribution in [0.5, 0.6) is 0 Å². The lowest BCUT2D eigenvalue weighted by Gasteiger charge is -2.22. The largest absolute Gasteiger partial charge is 0.337 e. The molecule has 0 unspecified atom stereocenters. The van der Waals surface area contributed by atoms with Crippen LogP contribution < -0.4 is 0 Å². The fraction of sp³-hybridized carbons (Fsp3) is 0.333. The molecule has 2 amide bonds. The number of carbonyl (C=O) groups is 2. The van der Waals surface area contributed by atoms with Gasteiger partial charge in [0.25, 0.3) is 11.8 Å². The Hall–Kier alpha value is -2.76. The van der Waals surface area contributed by atoms with Gasteiger partial charge in [-0.1, -0.05) is 17.7 Å². The van der Waals surface area contributed by atoms with Crippen molar-refractivity contribution in [3.63, 3.8) is 0 Å². The van der Waals surface area contributed by atoms with Gasteiger partial charge in [-0.15, -0.1) is 0 Å². The van der Waals surface area contributed by atoms with E-state index in [-0.39, 0.29) is 11.8 Å². The third kappa shape index (κ3) is 3.59. The second-order valence-corrected chi connectivity index (χ2v) is 5.90. The van der Waals surface area contributed by atoms with Gasteiger partial charge >= 0.3 is 0 Å². The first-order valence-electron chi connectivity index (χ1n) is 8.06. The smallest absolute Gasteiger partial charge is 0.274 e. The molecule has 1 aromatic carbocycles. The molecule has 124 valence electrons. The van der Waals surface area contributed by atoms with Crippen molar-refractivity contribution in [1.82, 2.24) is 19.8 Å². The zero-order chi connectivity index (χ0) is 16.9. The predicted octanol–water partition coefficient (Wildman–Crippen LogP) is 1.77. The van der Waals surface area contributed by atoms with E-state index in [9.17, 15) is 9.59 Å². The fourth-order valence-electron chi connectivity index (χ4n) is 2.86. The van der Waals surface area contributed by atoms with Gasteiger partial charge in [-0.05, 0) is 25.5 Å². The van der Waals surface area contributed by atoms with Gasteiger partial charge in [0, 0.05) is 44.1 Å². The van der Waals surface area contributed by atoms with Crippen molar-refractivity contribution >= 4 is 11.8 Å². The molecule has 1 fully saturated rings. The summed E-state index contributed by atoms with van der Waals surface area (Å²) in [6, 6.07) is 7.60. The van der Waals surface area contributed by atoms with Crippen LogP contribution in [0.1, 0.15) is 32.8 Å². The first kappa shape index (κ1) is 16.1. The van der Waals surface area contributed by atoms with E-state index in [1.165, 1.54) is 12.4 Å². The molecule has 0 saturated carbocycles. The van der Waals surface area contributed by atoms with E-state index < -0.39 is 0 Å². The second kappa shape index (κ2) is 7.21. The van der Waals surface area contributed by atoms with Gasteiger partial charge < -0.3 is 9.80 Å². The van der Waals surface area contributed by atoms with Crippen LogP contribution in [0, 0.1) is 6.92 Å². The van der Waals surface area contributed by atoms with Crippen LogP contribution in [-0.4, -0.2) is 57.8 Å². The predicted molar refractivity (Wildman–Crippen MR) is 89.6 cm³/mol. The summed E-state index contributed by atoms with van der Waals surface area (Å²) < 4.78 is 0. The first-order chi connectivity index (χ1) is 11.6. The van der Waals surface area contributed by atoms with Gasteiger partial charge in [-0.25, -0.2) is 4.98 Å². The first-order valence-corrected chi connectivity index (χ1v) is 8.06. The molecule has 2 heterocycles. The van der Waals surface area contributed by atoms with Gasteiger partial charge in [0.1, 0.15) is 5.69 Å². The third-order valence-electron chi connectivity index (χ3n) is 4.12. The average Bonchev–Trinajstić information content (AvgIpc) is 2.87. The summed E-state index contributed by atoms with van der Waals surface area (Å²) in [5, 5.41) is 0. The summed E-state index contributed by atoms with van der Waals surface area (Å²) in [5.74, 6) is -0.111. The summed E-state index contributed by atoms with van der Waals surface area (Å²) in [5.41, 5.74) is 2.11. The van der Waals surface area contributed by atoms with E-state index in [0.29, 0.717) is 37.4 Å². The maximum absolute atomic E-state index is 12.7. The highest BCUT2D eigenvalue weighted by Crippen LogP contribution is 2.12. The number of aryl methyl sites for hydroxylation is 1. The molecule has 1 aliphatic rings. The Morgan fingerprint density at radius 3 is 2.42 bits per heavy atom. The van der Waals surface area contributed by atoms with E-state index in [0.717, 1.165) is 12.0 Å². The van der Waals surface area contributed by atoms with E-state index in [1.54, 1.807) is 11.1 Å². The summed E-state index contributed by atoms with van der Waals surface area (Å²) in [6.45, 7) is 4.27. The van der Waals surface area contributed by atoms with E-state index in [2.05, 4.69) is 9.97 Å². The molecule has 6 heteroatoms. The lowest BCUT2D eigenvalue weighted by atomic mass is 10.1. The maximum atomic E-state index is 12.7. The monoisotopic (exact) mass is 324 g/mol. The number of carbonyl (C=O) groups excluding carboxylic acids is 2. The third-order valence-corrected chi connectivity index (χ3v) is 4.12. The average molecular weight is 324 g/mol. The molecule has 0 bridgehead atoms. The second-order valence-electron chi connectivity index (χ2n) is 5.90. The molecule has 0 spiro atoms. The summed E-state index contributed by atoms with van der Waals surface area (Å²) >= 11 is 0. The number of hydrogen-bond donors (Lipinski definition) is 0. The van der Waals surface area contributed by atoms with Gasteiger partial charge in [0.2, 0.25) is 0 Å². The van der Waals surface area contributed by atoms with Crippen LogP contribution in [0.4, 0.5) is 0 Å². The van der Waals surface area contributed by atoms with Crippen LogP contribution >= 0.6 is 0 Å². The molecular weight excluding hydrogens is 304 g/mol. The van der Waals surface area contributed by atoms with Crippen molar-refractivity contribution in [2.45, 2.75) is 13.3 Å². The molecule has 24 heavy (non-hydrogen) atoms. The standard InChI is InChI=1S/C18H20N4O2/c1-14-4-2-5-15(12-14)17(23)21-8-3-9-22(11-10-21)18(24)16-13-19-6-7-20-16/h2,4-7,12-13H,3,8-11H2,1H3. The van der Waals surface area contributed by atoms with Gasteiger partial charge in [-0.2, -0.15) is 0 Å². The molecule has 1 saturated heterocycles. The molecule has 3 rings (SSSR count). The number of nitrogens with zero attached hydrogens (tertiary/aromatic N) is 4. The molecule has 0 N–H and O–H groups in total. The van der Waals surface area contributed by atoms with Gasteiger partial charge in [-0.3, -0.25) is 14.6 Å². The Morgan fingerprint density at radius 1 is 1.00 bits per heavy atom. The highest BCUT2D eigenvalue weighted by molar-refractivity contribution is 5.95. The highest BCUT2D eigenvalue weighted by Gasteiger charge is 2.24.